The highest BCUT2D eigenvalue weighted by molar-refractivity contribution is 8.05. The van der Waals surface area contributed by atoms with Crippen LogP contribution < -0.4 is 4.90 Å². The molecule has 2 heterocycles. The van der Waals surface area contributed by atoms with Gasteiger partial charge in [-0.2, -0.15) is 0 Å². The number of nitrogens with zero attached hydrogens (tertiary/aromatic N) is 2. The monoisotopic (exact) mass is 486 g/mol. The third-order valence-corrected chi connectivity index (χ3v) is 9.24. The van der Waals surface area contributed by atoms with E-state index in [1.165, 1.54) is 41.4 Å². The lowest BCUT2D eigenvalue weighted by molar-refractivity contribution is 1.01. The molecule has 0 N–H and O–H groups in total. The summed E-state index contributed by atoms with van der Waals surface area (Å²) in [7, 11) is 2.18. The summed E-state index contributed by atoms with van der Waals surface area (Å²) in [5.41, 5.74) is 5.99. The molecule has 0 radical (unpaired) electrons. The summed E-state index contributed by atoms with van der Waals surface area (Å²) in [6, 6.07) is 41.4. The second-order valence-electron chi connectivity index (χ2n) is 8.70. The quantitative estimate of drug-likeness (QED) is 0.246. The van der Waals surface area contributed by atoms with Gasteiger partial charge >= 0.3 is 0 Å². The van der Waals surface area contributed by atoms with E-state index >= 15 is 0 Å². The van der Waals surface area contributed by atoms with Gasteiger partial charge in [-0.15, -0.1) is 0 Å². The van der Waals surface area contributed by atoms with Crippen LogP contribution in [0, 0.1) is 0 Å². The van der Waals surface area contributed by atoms with Gasteiger partial charge in [-0.05, 0) is 66.7 Å². The fraction of sp³-hybridized carbons (Fsp3) is 0.0323. The maximum Gasteiger partial charge on any atom is 0.0501 e. The van der Waals surface area contributed by atoms with Crippen molar-refractivity contribution < 1.29 is 0 Å². The Hall–Kier alpha value is -3.60. The van der Waals surface area contributed by atoms with Gasteiger partial charge in [0.05, 0.1) is 5.52 Å². The minimum absolute atomic E-state index is 1.15. The molecular weight excluding hydrogens is 464 g/mol. The SMILES string of the molecule is Cn1c2ccc(N(c3ccccc3)c3ccccc3)cc2c2c3c(ccc21)Sc1ccccc1S3. The van der Waals surface area contributed by atoms with E-state index in [0.717, 1.165) is 17.1 Å². The molecule has 2 nitrogen and oxygen atoms in total. The Morgan fingerprint density at radius 3 is 1.83 bits per heavy atom. The fourth-order valence-corrected chi connectivity index (χ4v) is 7.41. The number of aryl methyl sites for hydroxylation is 1. The molecule has 0 amide bonds. The first-order chi connectivity index (χ1) is 17.3. The zero-order valence-corrected chi connectivity index (χ0v) is 20.8. The van der Waals surface area contributed by atoms with Crippen LogP contribution >= 0.6 is 23.5 Å². The van der Waals surface area contributed by atoms with E-state index < -0.39 is 0 Å². The number of benzene rings is 5. The maximum absolute atomic E-state index is 2.36. The van der Waals surface area contributed by atoms with Crippen molar-refractivity contribution in [1.29, 1.82) is 0 Å². The fourth-order valence-electron chi connectivity index (χ4n) is 5.01. The van der Waals surface area contributed by atoms with Gasteiger partial charge in [0.15, 0.2) is 0 Å². The number of para-hydroxylation sites is 2. The molecular formula is C31H22N2S2. The molecule has 4 heteroatoms. The van der Waals surface area contributed by atoms with Crippen LogP contribution in [0.4, 0.5) is 17.1 Å². The van der Waals surface area contributed by atoms with Crippen molar-refractivity contribution in [2.24, 2.45) is 7.05 Å². The van der Waals surface area contributed by atoms with Crippen molar-refractivity contribution >= 4 is 62.4 Å². The molecule has 1 aliphatic rings. The lowest BCUT2D eigenvalue weighted by Crippen LogP contribution is -2.09. The summed E-state index contributed by atoms with van der Waals surface area (Å²) in [6.45, 7) is 0. The van der Waals surface area contributed by atoms with Gasteiger partial charge in [0.1, 0.15) is 0 Å². The molecule has 0 unspecified atom stereocenters. The average Bonchev–Trinajstić information content (AvgIpc) is 3.20. The maximum atomic E-state index is 2.36. The molecule has 6 aromatic rings. The summed E-state index contributed by atoms with van der Waals surface area (Å²) >= 11 is 3.78. The lowest BCUT2D eigenvalue weighted by Gasteiger charge is -2.25. The summed E-state index contributed by atoms with van der Waals surface area (Å²) < 4.78 is 2.33. The first-order valence-corrected chi connectivity index (χ1v) is 13.3. The number of hydrogen-bond acceptors (Lipinski definition) is 3. The van der Waals surface area contributed by atoms with Crippen LogP contribution in [0.1, 0.15) is 0 Å². The van der Waals surface area contributed by atoms with Crippen molar-refractivity contribution in [3.05, 3.63) is 115 Å². The normalized spacial score (nSPS) is 12.5. The predicted molar refractivity (Wildman–Crippen MR) is 150 cm³/mol. The van der Waals surface area contributed by atoms with Crippen molar-refractivity contribution in [2.75, 3.05) is 4.90 Å². The largest absolute Gasteiger partial charge is 0.344 e. The number of fused-ring (bicyclic) bond motifs is 6. The molecule has 0 aliphatic carbocycles. The van der Waals surface area contributed by atoms with E-state index in [2.05, 4.69) is 132 Å². The topological polar surface area (TPSA) is 8.17 Å². The molecule has 1 aliphatic heterocycles. The highest BCUT2D eigenvalue weighted by atomic mass is 32.2. The van der Waals surface area contributed by atoms with Gasteiger partial charge < -0.3 is 9.47 Å². The molecule has 0 bridgehead atoms. The number of aromatic nitrogens is 1. The molecule has 0 saturated carbocycles. The second kappa shape index (κ2) is 8.26. The van der Waals surface area contributed by atoms with Crippen LogP contribution in [-0.2, 0) is 7.05 Å². The van der Waals surface area contributed by atoms with E-state index in [9.17, 15) is 0 Å². The van der Waals surface area contributed by atoms with Crippen LogP contribution in [0.3, 0.4) is 0 Å². The third-order valence-electron chi connectivity index (χ3n) is 6.64. The highest BCUT2D eigenvalue weighted by Crippen LogP contribution is 2.52. The van der Waals surface area contributed by atoms with E-state index in [1.807, 2.05) is 23.5 Å². The molecule has 0 spiro atoms. The summed E-state index contributed by atoms with van der Waals surface area (Å²) in [5.74, 6) is 0. The first-order valence-electron chi connectivity index (χ1n) is 11.7. The van der Waals surface area contributed by atoms with Gasteiger partial charge in [-0.1, -0.05) is 72.1 Å². The Kier molecular flexibility index (Phi) is 4.90. The van der Waals surface area contributed by atoms with Gasteiger partial charge in [0, 0.05) is 60.0 Å². The molecule has 168 valence electrons. The first kappa shape index (κ1) is 20.7. The zero-order valence-electron chi connectivity index (χ0n) is 19.2. The van der Waals surface area contributed by atoms with Crippen molar-refractivity contribution in [3.8, 4) is 0 Å². The molecule has 35 heavy (non-hydrogen) atoms. The molecule has 7 rings (SSSR count). The summed E-state index contributed by atoms with van der Waals surface area (Å²) in [6.07, 6.45) is 0. The Balaban J connectivity index is 1.48. The van der Waals surface area contributed by atoms with Crippen molar-refractivity contribution in [2.45, 2.75) is 19.6 Å². The molecule has 0 atom stereocenters. The summed E-state index contributed by atoms with van der Waals surface area (Å²) in [4.78, 5) is 7.71. The number of hydrogen-bond donors (Lipinski definition) is 0. The smallest absolute Gasteiger partial charge is 0.0501 e. The Labute approximate surface area is 213 Å². The van der Waals surface area contributed by atoms with Gasteiger partial charge in [0.2, 0.25) is 0 Å². The lowest BCUT2D eigenvalue weighted by atomic mass is 10.1. The van der Waals surface area contributed by atoms with E-state index in [0.29, 0.717) is 0 Å². The van der Waals surface area contributed by atoms with Crippen molar-refractivity contribution in [3.63, 3.8) is 0 Å². The van der Waals surface area contributed by atoms with Crippen LogP contribution in [-0.4, -0.2) is 4.57 Å². The van der Waals surface area contributed by atoms with Gasteiger partial charge in [-0.3, -0.25) is 0 Å². The predicted octanol–water partition coefficient (Wildman–Crippen LogP) is 9.42. The van der Waals surface area contributed by atoms with Crippen molar-refractivity contribution in [1.82, 2.24) is 4.57 Å². The third kappa shape index (κ3) is 3.36. The Bertz CT molecular complexity index is 1670. The minimum Gasteiger partial charge on any atom is -0.344 e. The average molecular weight is 487 g/mol. The Morgan fingerprint density at radius 1 is 0.543 bits per heavy atom. The van der Waals surface area contributed by atoms with Gasteiger partial charge in [0.25, 0.3) is 0 Å². The van der Waals surface area contributed by atoms with E-state index in [1.54, 1.807) is 0 Å². The molecule has 5 aromatic carbocycles. The molecule has 0 saturated heterocycles. The van der Waals surface area contributed by atoms with E-state index in [-0.39, 0.29) is 0 Å². The summed E-state index contributed by atoms with van der Waals surface area (Å²) in [5, 5.41) is 2.64. The molecule has 1 aromatic heterocycles. The standard InChI is InChI=1S/C31H22N2S2/c1-32-25-17-16-23(33(21-10-4-2-5-11-21)22-12-6-3-7-13-22)20-24(25)30-26(32)18-19-29-31(30)35-28-15-9-8-14-27(28)34-29/h2-20H,1H3. The molecule has 0 fully saturated rings. The van der Waals surface area contributed by atoms with Crippen LogP contribution in [0.15, 0.2) is 135 Å². The minimum atomic E-state index is 1.15. The second-order valence-corrected chi connectivity index (χ2v) is 10.8. The number of rotatable bonds is 3. The van der Waals surface area contributed by atoms with E-state index in [4.69, 9.17) is 0 Å². The number of anilines is 3. The van der Waals surface area contributed by atoms with Crippen LogP contribution in [0.25, 0.3) is 21.8 Å². The van der Waals surface area contributed by atoms with Gasteiger partial charge in [-0.25, -0.2) is 0 Å². The Morgan fingerprint density at radius 2 is 1.14 bits per heavy atom. The van der Waals surface area contributed by atoms with Crippen LogP contribution in [0.5, 0.6) is 0 Å². The van der Waals surface area contributed by atoms with Crippen LogP contribution in [0.2, 0.25) is 0 Å². The zero-order chi connectivity index (χ0) is 23.4. The highest BCUT2D eigenvalue weighted by Gasteiger charge is 2.23.